The highest BCUT2D eigenvalue weighted by Gasteiger charge is 2.46. The van der Waals surface area contributed by atoms with Crippen molar-refractivity contribution < 1.29 is 11.0 Å². The van der Waals surface area contributed by atoms with Crippen LogP contribution in [0.1, 0.15) is 143 Å². The van der Waals surface area contributed by atoms with Gasteiger partial charge in [-0.15, -0.1) is 0 Å². The van der Waals surface area contributed by atoms with Crippen molar-refractivity contribution >= 4 is 123 Å². The van der Waals surface area contributed by atoms with Gasteiger partial charge in [-0.2, -0.15) is 0 Å². The molecular weight excluding hydrogens is 1400 g/mol. The first-order chi connectivity index (χ1) is 59.0. The lowest BCUT2D eigenvalue weighted by Crippen LogP contribution is -2.61. The van der Waals surface area contributed by atoms with Gasteiger partial charge in [0.05, 0.1) is 61.1 Å². The van der Waals surface area contributed by atoms with Gasteiger partial charge in [0.2, 0.25) is 0 Å². The zero-order chi connectivity index (χ0) is 86.8. The Morgan fingerprint density at radius 2 is 0.672 bits per heavy atom. The van der Waals surface area contributed by atoms with E-state index in [0.717, 1.165) is 156 Å². The molecule has 2 aliphatic rings. The Kier molecular flexibility index (Phi) is 14.5. The summed E-state index contributed by atoms with van der Waals surface area (Å²) >= 11 is 0. The third kappa shape index (κ3) is 11.8. The minimum Gasteiger partial charge on any atom is -0.311 e. The minimum absolute atomic E-state index is 0.0136. The zero-order valence-electron chi connectivity index (χ0n) is 76.8. The van der Waals surface area contributed by atoms with Crippen molar-refractivity contribution in [3.05, 3.63) is 349 Å². The van der Waals surface area contributed by atoms with Crippen LogP contribution < -0.4 is 26.2 Å². The third-order valence-corrected chi connectivity index (χ3v) is 24.6. The maximum absolute atomic E-state index is 10.4. The lowest BCUT2D eigenvalue weighted by molar-refractivity contribution is 0.569. The van der Waals surface area contributed by atoms with Crippen molar-refractivity contribution in [1.82, 2.24) is 13.7 Å². The summed E-state index contributed by atoms with van der Waals surface area (Å²) in [6.45, 7) is 33.7. The Labute approximate surface area is 694 Å². The molecule has 0 fully saturated rings. The molecule has 0 spiro atoms. The number of aromatic nitrogens is 3. The van der Waals surface area contributed by atoms with Crippen LogP contribution in [0.4, 0.5) is 34.1 Å². The molecule has 0 saturated carbocycles. The van der Waals surface area contributed by atoms with E-state index in [9.17, 15) is 11.0 Å². The highest BCUT2D eigenvalue weighted by molar-refractivity contribution is 7.00. The van der Waals surface area contributed by atoms with E-state index in [1.54, 1.807) is 4.57 Å². The van der Waals surface area contributed by atoms with E-state index in [-0.39, 0.29) is 48.9 Å². The van der Waals surface area contributed by atoms with Gasteiger partial charge in [-0.25, -0.2) is 0 Å². The average molecular weight is 1510 g/mol. The molecule has 116 heavy (non-hydrogen) atoms. The van der Waals surface area contributed by atoms with E-state index < -0.39 is 55.1 Å². The van der Waals surface area contributed by atoms with Crippen LogP contribution in [-0.2, 0) is 27.1 Å². The van der Waals surface area contributed by atoms with Gasteiger partial charge in [-0.05, 0) is 214 Å². The maximum atomic E-state index is 10.4. The molecule has 0 bridgehead atoms. The average Bonchev–Trinajstić information content (AvgIpc) is 1.15. The third-order valence-electron chi connectivity index (χ3n) is 24.6. The first-order valence-electron chi connectivity index (χ1n) is 44.8. The Bertz CT molecular complexity index is 7290. The predicted molar refractivity (Wildman–Crippen MR) is 499 cm³/mol. The van der Waals surface area contributed by atoms with Gasteiger partial charge in [-0.3, -0.25) is 0 Å². The van der Waals surface area contributed by atoms with Gasteiger partial charge >= 0.3 is 0 Å². The minimum atomic E-state index is -0.562. The van der Waals surface area contributed by atoms with Crippen LogP contribution in [0.15, 0.2) is 321 Å². The molecule has 5 heterocycles. The van der Waals surface area contributed by atoms with Crippen molar-refractivity contribution in [2.75, 3.05) is 9.80 Å². The summed E-state index contributed by atoms with van der Waals surface area (Å²) in [5.41, 5.74) is 27.1. The summed E-state index contributed by atoms with van der Waals surface area (Å²) in [4.78, 5) is 4.98. The Morgan fingerprint density at radius 1 is 0.250 bits per heavy atom. The SMILES string of the molecule is [2H]c1c([2H])c([2H])c2c(c1[2H])c1c([2H])c([2H])c([2H])c([2H])c1n2-c1cc2c3c(c1)N(c1cc(-c4ccccc4)cc4c1c1ccccc1n4-c1ccccc1)c1cc(-c4cc(C(C)(C)C)cc(C(C)(C)C)c4)ccc1B3c1ccc(-n3c4ccc(C(C)(C)C)cc4c4cc(C(C)(C)C)ccc43)cc1N2c1c(-c2ccccc2)cc(C(C)(C)C)cc1-c1ccccc1. The summed E-state index contributed by atoms with van der Waals surface area (Å²) in [5, 5.41) is 4.26. The molecule has 6 heteroatoms. The molecule has 0 aliphatic carbocycles. The van der Waals surface area contributed by atoms with Gasteiger partial charge in [0.25, 0.3) is 6.71 Å². The first kappa shape index (κ1) is 63.7. The molecule has 566 valence electrons. The van der Waals surface area contributed by atoms with Gasteiger partial charge in [0.15, 0.2) is 0 Å². The van der Waals surface area contributed by atoms with E-state index >= 15 is 0 Å². The number of para-hydroxylation sites is 4. The van der Waals surface area contributed by atoms with Gasteiger partial charge < -0.3 is 23.5 Å². The van der Waals surface area contributed by atoms with Crippen LogP contribution in [-0.4, -0.2) is 20.4 Å². The van der Waals surface area contributed by atoms with Crippen LogP contribution in [0.2, 0.25) is 0 Å². The number of hydrogen-bond acceptors (Lipinski definition) is 2. The normalized spacial score (nSPS) is 14.2. The van der Waals surface area contributed by atoms with Gasteiger partial charge in [-0.1, -0.05) is 316 Å². The summed E-state index contributed by atoms with van der Waals surface area (Å²) in [7, 11) is 0. The molecule has 5 nitrogen and oxygen atoms in total. The topological polar surface area (TPSA) is 21.3 Å². The highest BCUT2D eigenvalue weighted by Crippen LogP contribution is 2.56. The number of rotatable bonds is 9. The van der Waals surface area contributed by atoms with E-state index in [1.807, 2.05) is 0 Å². The number of hydrogen-bond donors (Lipinski definition) is 0. The Balaban J connectivity index is 1.04. The lowest BCUT2D eigenvalue weighted by atomic mass is 9.33. The van der Waals surface area contributed by atoms with Crippen molar-refractivity contribution in [3.8, 4) is 61.6 Å². The van der Waals surface area contributed by atoms with Crippen molar-refractivity contribution in [3.63, 3.8) is 0 Å². The number of nitrogens with zero attached hydrogens (tertiary/aromatic N) is 5. The van der Waals surface area contributed by atoms with Crippen LogP contribution in [0, 0.1) is 0 Å². The summed E-state index contributed by atoms with van der Waals surface area (Å²) in [6, 6.07) is 96.8. The molecule has 0 unspecified atom stereocenters. The summed E-state index contributed by atoms with van der Waals surface area (Å²) < 4.78 is 85.7. The van der Waals surface area contributed by atoms with Crippen LogP contribution in [0.5, 0.6) is 0 Å². The van der Waals surface area contributed by atoms with E-state index in [1.165, 1.54) is 22.3 Å². The molecule has 0 N–H and O–H groups in total. The Morgan fingerprint density at radius 3 is 1.22 bits per heavy atom. The van der Waals surface area contributed by atoms with Crippen LogP contribution in [0.3, 0.4) is 0 Å². The van der Waals surface area contributed by atoms with Gasteiger partial charge in [0, 0.05) is 77.6 Å². The number of benzene rings is 15. The van der Waals surface area contributed by atoms with Crippen molar-refractivity contribution in [2.24, 2.45) is 0 Å². The molecule has 3 aromatic heterocycles. The monoisotopic (exact) mass is 1510 g/mol. The molecule has 20 rings (SSSR count). The second-order valence-electron chi connectivity index (χ2n) is 37.2. The van der Waals surface area contributed by atoms with Gasteiger partial charge in [0.1, 0.15) is 0 Å². The lowest BCUT2D eigenvalue weighted by Gasteiger charge is -2.46. The van der Waals surface area contributed by atoms with Crippen LogP contribution in [0.25, 0.3) is 127 Å². The van der Waals surface area contributed by atoms with E-state index in [0.29, 0.717) is 5.69 Å². The zero-order valence-corrected chi connectivity index (χ0v) is 68.8. The molecular formula is C110H98BN5. The predicted octanol–water partition coefficient (Wildman–Crippen LogP) is 28.2. The van der Waals surface area contributed by atoms with Crippen molar-refractivity contribution in [1.29, 1.82) is 0 Å². The van der Waals surface area contributed by atoms with E-state index in [4.69, 9.17) is 0 Å². The smallest absolute Gasteiger partial charge is 0.252 e. The molecule has 0 radical (unpaired) electrons. The first-order valence-corrected chi connectivity index (χ1v) is 40.8. The fraction of sp³-hybridized carbons (Fsp3) is 0.182. The fourth-order valence-electron chi connectivity index (χ4n) is 18.4. The second kappa shape index (κ2) is 26.5. The van der Waals surface area contributed by atoms with Crippen LogP contribution >= 0.6 is 0 Å². The second-order valence-corrected chi connectivity index (χ2v) is 37.2. The fourth-order valence-corrected chi connectivity index (χ4v) is 18.4. The molecule has 0 atom stereocenters. The number of anilines is 6. The largest absolute Gasteiger partial charge is 0.311 e. The highest BCUT2D eigenvalue weighted by atomic mass is 15.2. The molecule has 0 saturated heterocycles. The quantitative estimate of drug-likeness (QED) is 0.134. The molecule has 15 aromatic carbocycles. The Hall–Kier alpha value is -12.6. The molecule has 0 amide bonds. The standard InChI is InChI=1S/C110H98BN5/c1-106(2,3)75-49-54-95-88(62-75)89-63-76(107(4,5)6)50-55-96(89)113(95)81-51-53-91-98(66-81)116(105-86(70-36-22-17-23-37-70)64-79(110(13,14)15)65-87(105)71-38-24-18-25-39-71)102-68-82(114-92-45-31-28-42-83(92)84-43-29-32-46-93(84)114)67-101-104(102)111(91)90-52-48-72(73-56-77(108(7,8)9)61-78(57-73)109(10,11)12)58-97(90)115(101)100-60-74(69-34-20-16-21-35-69)59-99-103(100)85-44-30-33-47-94(85)112(99)80-40-26-19-27-41-80/h16-68H,1-15H3/i28D,29D,31D,32D,42D,43D,45D,46D. The number of fused-ring (bicyclic) bond motifs is 13. The van der Waals surface area contributed by atoms with E-state index in [2.05, 4.69) is 396 Å². The molecule has 18 aromatic rings. The van der Waals surface area contributed by atoms with Crippen molar-refractivity contribution in [2.45, 2.75) is 131 Å². The maximum Gasteiger partial charge on any atom is 0.252 e. The molecule has 2 aliphatic heterocycles. The summed E-state index contributed by atoms with van der Waals surface area (Å²) in [6.07, 6.45) is 0. The summed E-state index contributed by atoms with van der Waals surface area (Å²) in [5.74, 6) is 0.